The van der Waals surface area contributed by atoms with E-state index in [2.05, 4.69) is 10.4 Å². The summed E-state index contributed by atoms with van der Waals surface area (Å²) in [7, 11) is 0. The first-order chi connectivity index (χ1) is 15.2. The molecule has 2 aromatic rings. The number of aliphatic hydroxyl groups excluding tert-OH is 1. The van der Waals surface area contributed by atoms with Crippen LogP contribution in [0.2, 0.25) is 0 Å². The Morgan fingerprint density at radius 2 is 1.97 bits per heavy atom. The first-order valence-corrected chi connectivity index (χ1v) is 9.69. The van der Waals surface area contributed by atoms with Crippen LogP contribution in [-0.2, 0) is 16.1 Å². The third-order valence-electron chi connectivity index (χ3n) is 6.05. The highest BCUT2D eigenvalue weighted by atomic mass is 19.4. The Kier molecular flexibility index (Phi) is 6.50. The Morgan fingerprint density at radius 1 is 1.33 bits per heavy atom. The van der Waals surface area contributed by atoms with Gasteiger partial charge in [0.2, 0.25) is 0 Å². The summed E-state index contributed by atoms with van der Waals surface area (Å²) in [5, 5.41) is 15.3. The number of amides is 1. The average molecular weight is 483 g/mol. The number of aromatic nitrogens is 2. The zero-order chi connectivity index (χ0) is 24.9. The molecule has 13 heteroatoms. The smallest absolute Gasteiger partial charge is 0.392 e. The largest absolute Gasteiger partial charge is 0.417 e. The highest BCUT2D eigenvalue weighted by Crippen LogP contribution is 2.54. The molecule has 0 spiro atoms. The highest BCUT2D eigenvalue weighted by Gasteiger charge is 2.65. The van der Waals surface area contributed by atoms with E-state index in [9.17, 15) is 40.6 Å². The summed E-state index contributed by atoms with van der Waals surface area (Å²) >= 11 is 0. The second-order valence-corrected chi connectivity index (χ2v) is 7.92. The summed E-state index contributed by atoms with van der Waals surface area (Å²) < 4.78 is 101. The minimum absolute atomic E-state index is 0.0336. The quantitative estimate of drug-likeness (QED) is 0.617. The van der Waals surface area contributed by atoms with Crippen molar-refractivity contribution in [3.8, 4) is 0 Å². The van der Waals surface area contributed by atoms with Gasteiger partial charge in [0.15, 0.2) is 17.2 Å². The van der Waals surface area contributed by atoms with Crippen molar-refractivity contribution in [1.29, 1.82) is 0 Å². The molecule has 3 rings (SSSR count). The molecule has 182 valence electrons. The number of alkyl halides is 5. The van der Waals surface area contributed by atoms with Gasteiger partial charge in [0, 0.05) is 17.4 Å². The Morgan fingerprint density at radius 3 is 2.48 bits per heavy atom. The summed E-state index contributed by atoms with van der Waals surface area (Å²) in [5.41, 5.74) is -3.94. The molecule has 1 aromatic carbocycles. The summed E-state index contributed by atoms with van der Waals surface area (Å²) in [6.07, 6.45) is -6.03. The molecule has 0 bridgehead atoms. The standard InChI is InChI=1S/C20H20F7N3O3/c1-8-14(10-4-5-12(21)15(22)11(10)7-31)16(33-19(8,3)20(25,26)27)17(32)28-13-6-30(18(23)24)29-9(13)2/h4-6,8,14,16,18,31H,7H2,1-3H3,(H,28,32)/t8-,14-,16+,19+/m0/s1. The third kappa shape index (κ3) is 4.19. The lowest BCUT2D eigenvalue weighted by molar-refractivity contribution is -0.272. The summed E-state index contributed by atoms with van der Waals surface area (Å²) in [4.78, 5) is 13.0. The van der Waals surface area contributed by atoms with Crippen LogP contribution in [0.25, 0.3) is 0 Å². The van der Waals surface area contributed by atoms with Crippen LogP contribution in [0.5, 0.6) is 0 Å². The molecule has 0 aliphatic carbocycles. The first-order valence-electron chi connectivity index (χ1n) is 9.69. The van der Waals surface area contributed by atoms with Crippen LogP contribution in [0.1, 0.15) is 43.1 Å². The molecule has 1 aliphatic heterocycles. The maximum Gasteiger partial charge on any atom is 0.417 e. The molecule has 2 N–H and O–H groups in total. The maximum atomic E-state index is 14.3. The van der Waals surface area contributed by atoms with Crippen LogP contribution >= 0.6 is 0 Å². The molecule has 1 aliphatic rings. The van der Waals surface area contributed by atoms with Gasteiger partial charge in [-0.2, -0.15) is 27.1 Å². The van der Waals surface area contributed by atoms with Gasteiger partial charge in [0.05, 0.1) is 24.2 Å². The number of halogens is 7. The van der Waals surface area contributed by atoms with Gasteiger partial charge < -0.3 is 15.2 Å². The molecule has 2 heterocycles. The van der Waals surface area contributed by atoms with Gasteiger partial charge in [-0.1, -0.05) is 13.0 Å². The van der Waals surface area contributed by atoms with E-state index in [1.807, 2.05) is 0 Å². The third-order valence-corrected chi connectivity index (χ3v) is 6.05. The number of nitrogens with one attached hydrogen (secondary N) is 1. The number of hydrogen-bond acceptors (Lipinski definition) is 4. The molecule has 1 fully saturated rings. The number of carbonyl (C=O) groups is 1. The lowest BCUT2D eigenvalue weighted by atomic mass is 9.76. The normalized spacial score (nSPS) is 25.6. The Hall–Kier alpha value is -2.67. The van der Waals surface area contributed by atoms with Crippen LogP contribution in [0, 0.1) is 24.5 Å². The molecule has 33 heavy (non-hydrogen) atoms. The second kappa shape index (κ2) is 8.60. The van der Waals surface area contributed by atoms with Crippen LogP contribution in [0.4, 0.5) is 36.4 Å². The van der Waals surface area contributed by atoms with Gasteiger partial charge in [-0.05, 0) is 25.5 Å². The molecular weight excluding hydrogens is 463 g/mol. The molecule has 0 unspecified atom stereocenters. The molecule has 1 aromatic heterocycles. The minimum atomic E-state index is -4.95. The van der Waals surface area contributed by atoms with Gasteiger partial charge >= 0.3 is 12.7 Å². The Labute approximate surface area is 183 Å². The lowest BCUT2D eigenvalue weighted by Crippen LogP contribution is -2.47. The fraction of sp³-hybridized carbons (Fsp3) is 0.500. The van der Waals surface area contributed by atoms with E-state index in [1.165, 1.54) is 6.92 Å². The van der Waals surface area contributed by atoms with Gasteiger partial charge in [0.1, 0.15) is 6.10 Å². The van der Waals surface area contributed by atoms with Gasteiger partial charge in [-0.25, -0.2) is 13.5 Å². The number of ether oxygens (including phenoxy) is 1. The van der Waals surface area contributed by atoms with Crippen molar-refractivity contribution in [2.75, 3.05) is 5.32 Å². The van der Waals surface area contributed by atoms with Crippen molar-refractivity contribution in [1.82, 2.24) is 9.78 Å². The zero-order valence-electron chi connectivity index (χ0n) is 17.6. The maximum absolute atomic E-state index is 14.3. The molecule has 0 saturated carbocycles. The van der Waals surface area contributed by atoms with Crippen LogP contribution < -0.4 is 5.32 Å². The summed E-state index contributed by atoms with van der Waals surface area (Å²) in [6, 6.07) is 1.66. The van der Waals surface area contributed by atoms with Gasteiger partial charge in [-0.3, -0.25) is 4.79 Å². The van der Waals surface area contributed by atoms with Gasteiger partial charge in [0.25, 0.3) is 5.91 Å². The van der Waals surface area contributed by atoms with E-state index in [-0.39, 0.29) is 21.6 Å². The predicted molar refractivity (Wildman–Crippen MR) is 100 cm³/mol. The van der Waals surface area contributed by atoms with E-state index in [4.69, 9.17) is 4.74 Å². The van der Waals surface area contributed by atoms with Crippen LogP contribution in [0.15, 0.2) is 18.3 Å². The number of nitrogens with zero attached hydrogens (tertiary/aromatic N) is 2. The SMILES string of the molecule is Cc1nn(C(F)F)cc1NC(=O)[C@@H]1O[C@@](C)(C(F)(F)F)[C@@H](C)[C@H]1c1ccc(F)c(F)c1CO. The number of benzene rings is 1. The van der Waals surface area contributed by atoms with Crippen molar-refractivity contribution in [2.24, 2.45) is 5.92 Å². The molecule has 0 radical (unpaired) electrons. The Bertz CT molecular complexity index is 1060. The summed E-state index contributed by atoms with van der Waals surface area (Å²) in [5.74, 6) is -6.86. The van der Waals surface area contributed by atoms with Crippen LogP contribution in [0.3, 0.4) is 0 Å². The van der Waals surface area contributed by atoms with E-state index in [0.29, 0.717) is 6.07 Å². The number of hydrogen-bond donors (Lipinski definition) is 2. The van der Waals surface area contributed by atoms with E-state index >= 15 is 0 Å². The van der Waals surface area contributed by atoms with Crippen molar-refractivity contribution in [2.45, 2.75) is 57.7 Å². The van der Waals surface area contributed by atoms with Crippen molar-refractivity contribution in [3.63, 3.8) is 0 Å². The molecule has 1 saturated heterocycles. The zero-order valence-corrected chi connectivity index (χ0v) is 17.6. The monoisotopic (exact) mass is 483 g/mol. The fourth-order valence-electron chi connectivity index (χ4n) is 4.01. The van der Waals surface area contributed by atoms with Crippen LogP contribution in [-0.4, -0.2) is 38.7 Å². The van der Waals surface area contributed by atoms with E-state index < -0.39 is 66.0 Å². The van der Waals surface area contributed by atoms with E-state index in [1.54, 1.807) is 0 Å². The highest BCUT2D eigenvalue weighted by molar-refractivity contribution is 5.95. The lowest BCUT2D eigenvalue weighted by Gasteiger charge is -2.32. The predicted octanol–water partition coefficient (Wildman–Crippen LogP) is 4.44. The van der Waals surface area contributed by atoms with Crippen molar-refractivity contribution in [3.05, 3.63) is 46.8 Å². The molecule has 6 nitrogen and oxygen atoms in total. The number of aliphatic hydroxyl groups is 1. The summed E-state index contributed by atoms with van der Waals surface area (Å²) in [6.45, 7) is -0.916. The fourth-order valence-corrected chi connectivity index (χ4v) is 4.01. The first kappa shape index (κ1) is 25.0. The Balaban J connectivity index is 2.08. The van der Waals surface area contributed by atoms with E-state index in [0.717, 1.165) is 26.1 Å². The number of anilines is 1. The van der Waals surface area contributed by atoms with Gasteiger partial charge in [-0.15, -0.1) is 0 Å². The number of rotatable bonds is 5. The van der Waals surface area contributed by atoms with Crippen molar-refractivity contribution < 1.29 is 45.4 Å². The van der Waals surface area contributed by atoms with Crippen molar-refractivity contribution >= 4 is 11.6 Å². The minimum Gasteiger partial charge on any atom is -0.392 e. The molecule has 1 amide bonds. The average Bonchev–Trinajstić information content (AvgIpc) is 3.22. The number of aryl methyl sites for hydroxylation is 1. The molecular formula is C20H20F7N3O3. The second-order valence-electron chi connectivity index (χ2n) is 7.92. The molecule has 4 atom stereocenters. The topological polar surface area (TPSA) is 76.4 Å². The number of carbonyl (C=O) groups excluding carboxylic acids is 1.